The molecule has 164 valence electrons. The first-order valence-electron chi connectivity index (χ1n) is 10.2. The van der Waals surface area contributed by atoms with E-state index < -0.39 is 0 Å². The van der Waals surface area contributed by atoms with E-state index in [-0.39, 0.29) is 6.10 Å². The summed E-state index contributed by atoms with van der Waals surface area (Å²) in [6, 6.07) is 11.8. The summed E-state index contributed by atoms with van der Waals surface area (Å²) in [4.78, 5) is 4.52. The third-order valence-electron chi connectivity index (χ3n) is 5.64. The van der Waals surface area contributed by atoms with E-state index in [0.717, 1.165) is 16.8 Å². The first-order chi connectivity index (χ1) is 15.6. The number of aromatic nitrogens is 5. The molecule has 1 atom stereocenters. The van der Waals surface area contributed by atoms with Crippen LogP contribution in [0.15, 0.2) is 40.9 Å². The van der Waals surface area contributed by atoms with E-state index in [2.05, 4.69) is 52.5 Å². The van der Waals surface area contributed by atoms with Crippen molar-refractivity contribution in [3.05, 3.63) is 58.8 Å². The average Bonchev–Trinajstić information content (AvgIpc) is 3.45. The van der Waals surface area contributed by atoms with E-state index in [1.165, 1.54) is 11.1 Å². The van der Waals surface area contributed by atoms with Crippen LogP contribution in [0, 0.1) is 13.8 Å². The third kappa shape index (κ3) is 3.50. The van der Waals surface area contributed by atoms with E-state index in [0.29, 0.717) is 42.1 Å². The van der Waals surface area contributed by atoms with Gasteiger partial charge in [0.2, 0.25) is 5.82 Å². The predicted octanol–water partition coefficient (Wildman–Crippen LogP) is 3.90. The van der Waals surface area contributed by atoms with E-state index in [1.54, 1.807) is 26.4 Å². The van der Waals surface area contributed by atoms with Gasteiger partial charge in [-0.15, -0.1) is 5.10 Å². The molecule has 32 heavy (non-hydrogen) atoms. The lowest BCUT2D eigenvalue weighted by atomic mass is 10.0. The molecule has 2 aromatic heterocycles. The molecule has 1 aliphatic heterocycles. The number of methoxy groups -OCH3 is 2. The molecule has 0 saturated carbocycles. The average molecular weight is 433 g/mol. The zero-order valence-electron chi connectivity index (χ0n) is 18.3. The number of aryl methyl sites for hydroxylation is 2. The van der Waals surface area contributed by atoms with Gasteiger partial charge in [-0.3, -0.25) is 0 Å². The molecule has 4 aromatic rings. The summed E-state index contributed by atoms with van der Waals surface area (Å²) in [6.45, 7) is 5.11. The number of ether oxygens (including phenoxy) is 3. The number of benzene rings is 2. The first-order valence-corrected chi connectivity index (χ1v) is 10.2. The predicted molar refractivity (Wildman–Crippen MR) is 115 cm³/mol. The lowest BCUT2D eigenvalue weighted by Crippen LogP contribution is -2.22. The molecule has 0 fully saturated rings. The first kappa shape index (κ1) is 20.2. The smallest absolute Gasteiger partial charge is 0.280 e. The molecule has 2 aromatic carbocycles. The number of rotatable bonds is 5. The Bertz CT molecular complexity index is 1280. The fourth-order valence-corrected chi connectivity index (χ4v) is 3.96. The number of hydrogen-bond donors (Lipinski definition) is 0. The molecule has 9 nitrogen and oxygen atoms in total. The van der Waals surface area contributed by atoms with Gasteiger partial charge in [-0.2, -0.15) is 4.98 Å². The van der Waals surface area contributed by atoms with Crippen LogP contribution in [0.25, 0.3) is 23.0 Å². The Morgan fingerprint density at radius 1 is 1.03 bits per heavy atom. The topological polar surface area (TPSA) is 97.3 Å². The van der Waals surface area contributed by atoms with Crippen molar-refractivity contribution in [1.82, 2.24) is 25.1 Å². The summed E-state index contributed by atoms with van der Waals surface area (Å²) >= 11 is 0. The molecule has 0 N–H and O–H groups in total. The maximum absolute atomic E-state index is 6.16. The van der Waals surface area contributed by atoms with Crippen LogP contribution in [0.2, 0.25) is 0 Å². The van der Waals surface area contributed by atoms with Gasteiger partial charge in [0.15, 0.2) is 17.2 Å². The number of nitrogens with zero attached hydrogens (tertiary/aromatic N) is 5. The third-order valence-corrected chi connectivity index (χ3v) is 5.64. The van der Waals surface area contributed by atoms with Crippen LogP contribution in [0.5, 0.6) is 11.5 Å². The zero-order chi connectivity index (χ0) is 22.2. The molecular formula is C23H23N5O4. The Labute approximate surface area is 184 Å². The van der Waals surface area contributed by atoms with Crippen molar-refractivity contribution in [2.45, 2.75) is 33.1 Å². The Kier molecular flexibility index (Phi) is 5.10. The van der Waals surface area contributed by atoms with Crippen molar-refractivity contribution >= 4 is 0 Å². The van der Waals surface area contributed by atoms with Gasteiger partial charge in [0.05, 0.1) is 33.1 Å². The normalized spacial score (nSPS) is 15.4. The van der Waals surface area contributed by atoms with Gasteiger partial charge in [-0.25, -0.2) is 4.68 Å². The minimum absolute atomic E-state index is 0.0809. The second-order valence-electron chi connectivity index (χ2n) is 7.72. The van der Waals surface area contributed by atoms with E-state index in [1.807, 2.05) is 10.7 Å². The Hall–Kier alpha value is -3.72. The second kappa shape index (κ2) is 8.08. The van der Waals surface area contributed by atoms with Gasteiger partial charge < -0.3 is 18.7 Å². The standard InChI is InChI=1S/C23H23N5O4/c1-13-5-7-16(14(2)9-13)20-11-28-17(12-31-20)21(25-27-28)23-24-22(26-32-23)15-6-8-18(29-3)19(10-15)30-4/h5-10,20H,11-12H2,1-4H3. The largest absolute Gasteiger partial charge is 0.493 e. The van der Waals surface area contributed by atoms with Crippen LogP contribution in [0.1, 0.15) is 28.5 Å². The van der Waals surface area contributed by atoms with Crippen LogP contribution in [0.3, 0.4) is 0 Å². The lowest BCUT2D eigenvalue weighted by molar-refractivity contribution is -0.00153. The van der Waals surface area contributed by atoms with Crippen molar-refractivity contribution in [2.75, 3.05) is 14.2 Å². The lowest BCUT2D eigenvalue weighted by Gasteiger charge is -2.25. The maximum Gasteiger partial charge on any atom is 0.280 e. The molecule has 0 aliphatic carbocycles. The van der Waals surface area contributed by atoms with E-state index in [9.17, 15) is 0 Å². The highest BCUT2D eigenvalue weighted by Gasteiger charge is 2.28. The SMILES string of the molecule is COc1ccc(-c2noc(-c3nnn4c3COC(c3ccc(C)cc3C)C4)n2)cc1OC. The second-order valence-corrected chi connectivity index (χ2v) is 7.72. The molecule has 1 aliphatic rings. The Morgan fingerprint density at radius 2 is 1.88 bits per heavy atom. The summed E-state index contributed by atoms with van der Waals surface area (Å²) in [5.74, 6) is 1.93. The highest BCUT2D eigenvalue weighted by atomic mass is 16.5. The monoisotopic (exact) mass is 433 g/mol. The fraction of sp³-hybridized carbons (Fsp3) is 0.304. The van der Waals surface area contributed by atoms with Gasteiger partial charge in [0, 0.05) is 5.56 Å². The summed E-state index contributed by atoms with van der Waals surface area (Å²) in [5.41, 5.74) is 5.68. The van der Waals surface area contributed by atoms with Crippen molar-refractivity contribution in [2.24, 2.45) is 0 Å². The van der Waals surface area contributed by atoms with E-state index in [4.69, 9.17) is 18.7 Å². The highest BCUT2D eigenvalue weighted by Crippen LogP contribution is 2.34. The zero-order valence-corrected chi connectivity index (χ0v) is 18.3. The van der Waals surface area contributed by atoms with Crippen molar-refractivity contribution in [3.8, 4) is 34.5 Å². The Morgan fingerprint density at radius 3 is 2.66 bits per heavy atom. The van der Waals surface area contributed by atoms with Crippen molar-refractivity contribution < 1.29 is 18.7 Å². The molecule has 0 spiro atoms. The summed E-state index contributed by atoms with van der Waals surface area (Å²) in [6.07, 6.45) is -0.0809. The molecular weight excluding hydrogens is 410 g/mol. The van der Waals surface area contributed by atoms with Crippen molar-refractivity contribution in [3.63, 3.8) is 0 Å². The van der Waals surface area contributed by atoms with Crippen LogP contribution in [-0.2, 0) is 17.9 Å². The minimum atomic E-state index is -0.0809. The minimum Gasteiger partial charge on any atom is -0.493 e. The summed E-state index contributed by atoms with van der Waals surface area (Å²) in [7, 11) is 3.17. The van der Waals surface area contributed by atoms with Gasteiger partial charge in [-0.05, 0) is 43.2 Å². The van der Waals surface area contributed by atoms with Gasteiger partial charge in [0.1, 0.15) is 6.10 Å². The maximum atomic E-state index is 6.16. The van der Waals surface area contributed by atoms with Crippen LogP contribution in [-0.4, -0.2) is 39.4 Å². The van der Waals surface area contributed by atoms with Crippen LogP contribution >= 0.6 is 0 Å². The molecule has 0 amide bonds. The summed E-state index contributed by atoms with van der Waals surface area (Å²) < 4.78 is 24.1. The number of hydrogen-bond acceptors (Lipinski definition) is 8. The van der Waals surface area contributed by atoms with E-state index >= 15 is 0 Å². The van der Waals surface area contributed by atoms with Gasteiger partial charge >= 0.3 is 0 Å². The van der Waals surface area contributed by atoms with Gasteiger partial charge in [0.25, 0.3) is 5.89 Å². The molecule has 1 unspecified atom stereocenters. The molecule has 0 radical (unpaired) electrons. The van der Waals surface area contributed by atoms with Crippen LogP contribution in [0.4, 0.5) is 0 Å². The molecule has 5 rings (SSSR count). The quantitative estimate of drug-likeness (QED) is 0.467. The number of fused-ring (bicyclic) bond motifs is 1. The molecule has 3 heterocycles. The Balaban J connectivity index is 1.41. The highest BCUT2D eigenvalue weighted by molar-refractivity contribution is 5.63. The fourth-order valence-electron chi connectivity index (χ4n) is 3.96. The van der Waals surface area contributed by atoms with Crippen LogP contribution < -0.4 is 9.47 Å². The molecule has 0 bridgehead atoms. The molecule has 0 saturated heterocycles. The van der Waals surface area contributed by atoms with Crippen molar-refractivity contribution in [1.29, 1.82) is 0 Å². The summed E-state index contributed by atoms with van der Waals surface area (Å²) in [5, 5.41) is 12.7. The molecule has 9 heteroatoms. The van der Waals surface area contributed by atoms with Gasteiger partial charge in [-0.1, -0.05) is 34.1 Å².